The first-order valence-corrected chi connectivity index (χ1v) is 9.74. The Kier molecular flexibility index (Phi) is 11.0. The zero-order valence-corrected chi connectivity index (χ0v) is 16.9. The molecule has 12 nitrogen and oxygen atoms in total. The maximum absolute atomic E-state index is 11.8. The van der Waals surface area contributed by atoms with E-state index in [-0.39, 0.29) is 0 Å². The number of methoxy groups -OCH3 is 3. The maximum Gasteiger partial charge on any atom is 0.702 e. The van der Waals surface area contributed by atoms with Gasteiger partial charge in [0.1, 0.15) is 0 Å². The fourth-order valence-corrected chi connectivity index (χ4v) is 2.75. The van der Waals surface area contributed by atoms with E-state index in [1.165, 1.54) is 0 Å². The summed E-state index contributed by atoms with van der Waals surface area (Å²) in [7, 11) is -1.13. The van der Waals surface area contributed by atoms with Crippen LogP contribution < -0.4 is 0 Å². The number of rotatable bonds is 9. The van der Waals surface area contributed by atoms with Crippen LogP contribution in [-0.4, -0.2) is 65.9 Å². The molecular weight excluding hydrogens is 412 g/mol. The molecule has 0 aromatic heterocycles. The molecule has 0 aliphatic rings. The second kappa shape index (κ2) is 12.6. The Balaban J connectivity index is 5.41. The van der Waals surface area contributed by atoms with Gasteiger partial charge in [-0.15, -0.1) is 0 Å². The minimum atomic E-state index is -4.34. The molecule has 0 bridgehead atoms. The van der Waals surface area contributed by atoms with Gasteiger partial charge >= 0.3 is 44.6 Å². The summed E-state index contributed by atoms with van der Waals surface area (Å²) in [5, 5.41) is 0. The van der Waals surface area contributed by atoms with Crippen molar-refractivity contribution in [3.63, 3.8) is 0 Å². The summed E-state index contributed by atoms with van der Waals surface area (Å²) in [4.78, 5) is 68.5. The van der Waals surface area contributed by atoms with E-state index in [1.54, 1.807) is 0 Å². The Morgan fingerprint density at radius 3 is 0.897 bits per heavy atom. The lowest BCUT2D eigenvalue weighted by Gasteiger charge is -2.22. The maximum atomic E-state index is 11.8. The Bertz CT molecular complexity index is 651. The molecule has 0 fully saturated rings. The second-order valence-corrected chi connectivity index (χ2v) is 7.03. The highest BCUT2D eigenvalue weighted by atomic mass is 28.4. The van der Waals surface area contributed by atoms with E-state index in [2.05, 4.69) is 14.2 Å². The third-order valence-corrected chi connectivity index (χ3v) is 4.24. The first-order valence-electron chi connectivity index (χ1n) is 7.52. The highest BCUT2D eigenvalue weighted by Crippen LogP contribution is 2.12. The quantitative estimate of drug-likeness (QED) is 0.198. The van der Waals surface area contributed by atoms with Crippen molar-refractivity contribution in [1.82, 2.24) is 0 Å². The van der Waals surface area contributed by atoms with E-state index in [0.717, 1.165) is 46.1 Å². The van der Waals surface area contributed by atoms with Crippen LogP contribution >= 0.6 is 0 Å². The van der Waals surface area contributed by atoms with Gasteiger partial charge in [0, 0.05) is 43.0 Å². The van der Waals surface area contributed by atoms with Crippen molar-refractivity contribution in [3.8, 4) is 0 Å². The molecule has 13 heteroatoms. The van der Waals surface area contributed by atoms with E-state index in [4.69, 9.17) is 13.3 Å². The van der Waals surface area contributed by atoms with Crippen LogP contribution in [0.3, 0.4) is 0 Å². The molecule has 0 amide bonds. The molecule has 0 aliphatic heterocycles. The largest absolute Gasteiger partial charge is 0.702 e. The van der Waals surface area contributed by atoms with Crippen LogP contribution in [0.5, 0.6) is 0 Å². The van der Waals surface area contributed by atoms with Crippen LogP contribution in [0.2, 0.25) is 6.55 Å². The van der Waals surface area contributed by atoms with Crippen LogP contribution in [0.15, 0.2) is 36.5 Å². The van der Waals surface area contributed by atoms with Crippen molar-refractivity contribution in [2.75, 3.05) is 21.3 Å². The lowest BCUT2D eigenvalue weighted by Crippen LogP contribution is -2.46. The molecule has 0 aromatic rings. The van der Waals surface area contributed by atoms with Gasteiger partial charge in [-0.05, 0) is 0 Å². The lowest BCUT2D eigenvalue weighted by atomic mass is 10.5. The Hall–Kier alpha value is -3.74. The summed E-state index contributed by atoms with van der Waals surface area (Å²) in [5.41, 5.74) is 0. The Morgan fingerprint density at radius 1 is 0.483 bits per heavy atom. The van der Waals surface area contributed by atoms with E-state index in [9.17, 15) is 28.8 Å². The molecule has 0 atom stereocenters. The van der Waals surface area contributed by atoms with Crippen LogP contribution in [0.4, 0.5) is 0 Å². The zero-order chi connectivity index (χ0) is 22.4. The Morgan fingerprint density at radius 2 is 0.690 bits per heavy atom. The monoisotopic (exact) mass is 430 g/mol. The minimum Gasteiger partial charge on any atom is -0.466 e. The highest BCUT2D eigenvalue weighted by Gasteiger charge is 2.46. The van der Waals surface area contributed by atoms with E-state index >= 15 is 0 Å². The molecular formula is C16H18O12Si. The molecule has 29 heavy (non-hydrogen) atoms. The van der Waals surface area contributed by atoms with Gasteiger partial charge in [0.2, 0.25) is 0 Å². The average Bonchev–Trinajstić information content (AvgIpc) is 2.67. The molecule has 0 aromatic carbocycles. The predicted octanol–water partition coefficient (Wildman–Crippen LogP) is -0.628. The highest BCUT2D eigenvalue weighted by molar-refractivity contribution is 6.64. The van der Waals surface area contributed by atoms with Gasteiger partial charge in [-0.25, -0.2) is 28.8 Å². The first kappa shape index (κ1) is 25.3. The van der Waals surface area contributed by atoms with Crippen LogP contribution in [0.1, 0.15) is 0 Å². The zero-order valence-electron chi connectivity index (χ0n) is 15.9. The fraction of sp³-hybridized carbons (Fsp3) is 0.250. The van der Waals surface area contributed by atoms with Gasteiger partial charge in [-0.3, -0.25) is 0 Å². The SMILES string of the molecule is COC(=O)/C=C/C(=O)O[Si](C)(OC(=O)/C=C/C(=O)OC)OC(=O)/C=C/C(=O)OC. The summed E-state index contributed by atoms with van der Waals surface area (Å²) < 4.78 is 27.5. The molecule has 0 heterocycles. The molecule has 158 valence electrons. The number of carbonyl (C=O) groups is 6. The van der Waals surface area contributed by atoms with Gasteiger partial charge in [-0.2, -0.15) is 0 Å². The van der Waals surface area contributed by atoms with Gasteiger partial charge < -0.3 is 27.5 Å². The number of ether oxygens (including phenoxy) is 3. The van der Waals surface area contributed by atoms with Gasteiger partial charge in [-0.1, -0.05) is 0 Å². The predicted molar refractivity (Wildman–Crippen MR) is 93.4 cm³/mol. The summed E-state index contributed by atoms with van der Waals surface area (Å²) in [5.74, 6) is -6.21. The summed E-state index contributed by atoms with van der Waals surface area (Å²) in [6.07, 6.45) is 4.09. The summed E-state index contributed by atoms with van der Waals surface area (Å²) in [6, 6.07) is 0. The number of hydrogen-bond donors (Lipinski definition) is 0. The molecule has 0 unspecified atom stereocenters. The average molecular weight is 430 g/mol. The smallest absolute Gasteiger partial charge is 0.466 e. The third-order valence-electron chi connectivity index (χ3n) is 2.53. The van der Waals surface area contributed by atoms with Crippen molar-refractivity contribution in [3.05, 3.63) is 36.5 Å². The van der Waals surface area contributed by atoms with Crippen LogP contribution in [-0.2, 0) is 56.3 Å². The first-order chi connectivity index (χ1) is 13.5. The topological polar surface area (TPSA) is 158 Å². The van der Waals surface area contributed by atoms with Crippen molar-refractivity contribution >= 4 is 44.6 Å². The standard InChI is InChI=1S/C16H18O12Si/c1-23-11(17)5-8-14(20)26-29(4,27-15(21)9-6-12(18)24-2)28-16(22)10-7-13(19)25-3/h5-10H,1-4H3/b8-5+,9-6+,10-7+. The molecule has 0 saturated carbocycles. The van der Waals surface area contributed by atoms with Crippen LogP contribution in [0, 0.1) is 0 Å². The summed E-state index contributed by atoms with van der Waals surface area (Å²) in [6.45, 7) is 1.00. The molecule has 0 radical (unpaired) electrons. The van der Waals surface area contributed by atoms with Gasteiger partial charge in [0.15, 0.2) is 0 Å². The van der Waals surface area contributed by atoms with E-state index in [0.29, 0.717) is 18.2 Å². The normalized spacial score (nSPS) is 11.2. The van der Waals surface area contributed by atoms with Crippen molar-refractivity contribution in [2.45, 2.75) is 6.55 Å². The van der Waals surface area contributed by atoms with Gasteiger partial charge in [0.05, 0.1) is 21.3 Å². The second-order valence-electron chi connectivity index (χ2n) is 4.70. The van der Waals surface area contributed by atoms with Crippen molar-refractivity contribution < 1.29 is 56.3 Å². The van der Waals surface area contributed by atoms with E-state index in [1.807, 2.05) is 0 Å². The molecule has 0 rings (SSSR count). The third kappa shape index (κ3) is 11.5. The van der Waals surface area contributed by atoms with E-state index < -0.39 is 44.6 Å². The van der Waals surface area contributed by atoms with Crippen molar-refractivity contribution in [1.29, 1.82) is 0 Å². The minimum absolute atomic E-state index is 0.646. The lowest BCUT2D eigenvalue weighted by molar-refractivity contribution is -0.145. The fourth-order valence-electron chi connectivity index (χ4n) is 1.33. The molecule has 0 spiro atoms. The molecule has 0 aliphatic carbocycles. The Labute approximate surface area is 166 Å². The number of esters is 3. The molecule has 0 saturated heterocycles. The summed E-state index contributed by atoms with van der Waals surface area (Å²) >= 11 is 0. The number of carbonyl (C=O) groups excluding carboxylic acids is 6. The number of hydrogen-bond acceptors (Lipinski definition) is 12. The van der Waals surface area contributed by atoms with Crippen LogP contribution in [0.25, 0.3) is 0 Å². The van der Waals surface area contributed by atoms with Gasteiger partial charge in [0.25, 0.3) is 0 Å². The van der Waals surface area contributed by atoms with Crippen molar-refractivity contribution in [2.24, 2.45) is 0 Å². The molecule has 0 N–H and O–H groups in total.